The van der Waals surface area contributed by atoms with Crippen LogP contribution >= 0.6 is 0 Å². The van der Waals surface area contributed by atoms with Crippen LogP contribution in [0.4, 0.5) is 5.69 Å². The Morgan fingerprint density at radius 2 is 2.05 bits per heavy atom. The third kappa shape index (κ3) is 2.03. The number of rotatable bonds is 2. The Bertz CT molecular complexity index is 634. The Labute approximate surface area is 110 Å². The molecule has 2 aromatic rings. The first kappa shape index (κ1) is 12.0. The van der Waals surface area contributed by atoms with Crippen LogP contribution in [-0.2, 0) is 0 Å². The Balaban J connectivity index is 2.05. The van der Waals surface area contributed by atoms with Gasteiger partial charge in [0, 0.05) is 5.92 Å². The van der Waals surface area contributed by atoms with Crippen molar-refractivity contribution in [1.82, 2.24) is 20.0 Å². The van der Waals surface area contributed by atoms with Gasteiger partial charge in [-0.15, -0.1) is 5.10 Å². The van der Waals surface area contributed by atoms with E-state index in [-0.39, 0.29) is 5.56 Å². The summed E-state index contributed by atoms with van der Waals surface area (Å²) in [5.74, 6) is 0.846. The molecular weight excluding hydrogens is 242 g/mol. The van der Waals surface area contributed by atoms with Gasteiger partial charge in [-0.25, -0.2) is 0 Å². The minimum Gasteiger partial charge on any atom is -0.393 e. The lowest BCUT2D eigenvalue weighted by molar-refractivity contribution is 0.671. The van der Waals surface area contributed by atoms with Crippen LogP contribution in [0.2, 0.25) is 0 Å². The maximum Gasteiger partial charge on any atom is 0.296 e. The number of aromatic amines is 1. The lowest BCUT2D eigenvalue weighted by atomic mass is 10.0. The van der Waals surface area contributed by atoms with E-state index in [2.05, 4.69) is 15.3 Å². The molecule has 3 N–H and O–H groups in total. The Morgan fingerprint density at radius 3 is 2.68 bits per heavy atom. The van der Waals surface area contributed by atoms with E-state index < -0.39 is 0 Å². The van der Waals surface area contributed by atoms with Gasteiger partial charge >= 0.3 is 0 Å². The molecule has 1 fully saturated rings. The molecule has 19 heavy (non-hydrogen) atoms. The number of nitrogen functional groups attached to an aromatic ring is 1. The largest absolute Gasteiger partial charge is 0.393 e. The molecule has 2 heterocycles. The van der Waals surface area contributed by atoms with Crippen molar-refractivity contribution in [3.05, 3.63) is 33.9 Å². The van der Waals surface area contributed by atoms with E-state index in [1.807, 2.05) is 13.0 Å². The number of aromatic nitrogens is 4. The Kier molecular flexibility index (Phi) is 2.85. The topological polar surface area (TPSA) is 89.6 Å². The molecule has 1 aliphatic rings. The lowest BCUT2D eigenvalue weighted by Gasteiger charge is -2.06. The fourth-order valence-corrected chi connectivity index (χ4v) is 2.67. The lowest BCUT2D eigenvalue weighted by Crippen LogP contribution is -2.18. The van der Waals surface area contributed by atoms with Gasteiger partial charge in [-0.3, -0.25) is 9.89 Å². The van der Waals surface area contributed by atoms with Gasteiger partial charge in [0.15, 0.2) is 5.82 Å². The van der Waals surface area contributed by atoms with Crippen LogP contribution in [0.25, 0.3) is 5.82 Å². The number of hydrogen-bond acceptors (Lipinski definition) is 4. The third-order valence-corrected chi connectivity index (χ3v) is 3.73. The van der Waals surface area contributed by atoms with Crippen molar-refractivity contribution in [2.24, 2.45) is 0 Å². The van der Waals surface area contributed by atoms with E-state index in [0.717, 1.165) is 24.2 Å². The Morgan fingerprint density at radius 1 is 1.32 bits per heavy atom. The second kappa shape index (κ2) is 4.53. The molecule has 0 aromatic carbocycles. The summed E-state index contributed by atoms with van der Waals surface area (Å²) < 4.78 is 1.38. The van der Waals surface area contributed by atoms with Crippen molar-refractivity contribution in [3.8, 4) is 5.82 Å². The van der Waals surface area contributed by atoms with Gasteiger partial charge in [0.05, 0.1) is 11.4 Å². The van der Waals surface area contributed by atoms with E-state index in [4.69, 9.17) is 5.73 Å². The van der Waals surface area contributed by atoms with Crippen molar-refractivity contribution in [2.45, 2.75) is 38.5 Å². The fourth-order valence-electron chi connectivity index (χ4n) is 2.67. The van der Waals surface area contributed by atoms with E-state index >= 15 is 0 Å². The highest BCUT2D eigenvalue weighted by molar-refractivity contribution is 5.45. The van der Waals surface area contributed by atoms with Crippen LogP contribution in [0.3, 0.4) is 0 Å². The maximum absolute atomic E-state index is 12.2. The molecule has 6 heteroatoms. The zero-order chi connectivity index (χ0) is 13.4. The van der Waals surface area contributed by atoms with Crippen LogP contribution in [0.5, 0.6) is 0 Å². The van der Waals surface area contributed by atoms with Crippen LogP contribution in [0.1, 0.15) is 43.0 Å². The first-order chi connectivity index (χ1) is 9.16. The monoisotopic (exact) mass is 259 g/mol. The molecule has 0 atom stereocenters. The normalized spacial score (nSPS) is 16.1. The molecule has 0 spiro atoms. The predicted octanol–water partition coefficient (Wildman–Crippen LogP) is 1.50. The van der Waals surface area contributed by atoms with E-state index in [9.17, 15) is 4.79 Å². The van der Waals surface area contributed by atoms with Gasteiger partial charge in [-0.05, 0) is 31.9 Å². The van der Waals surface area contributed by atoms with E-state index in [0.29, 0.717) is 17.4 Å². The van der Waals surface area contributed by atoms with Gasteiger partial charge in [0.1, 0.15) is 5.69 Å². The number of nitrogens with two attached hydrogens (primary N) is 1. The van der Waals surface area contributed by atoms with Crippen LogP contribution in [-0.4, -0.2) is 20.0 Å². The first-order valence-corrected chi connectivity index (χ1v) is 6.58. The molecule has 1 saturated carbocycles. The van der Waals surface area contributed by atoms with Gasteiger partial charge in [0.2, 0.25) is 0 Å². The number of nitrogens with zero attached hydrogens (tertiary/aromatic N) is 3. The SMILES string of the molecule is Cc1ccc(-n2[nH]c(C3CCCC3)c(N)c2=O)nn1. The molecule has 0 amide bonds. The summed E-state index contributed by atoms with van der Waals surface area (Å²) in [7, 11) is 0. The molecule has 2 aromatic heterocycles. The number of anilines is 1. The van der Waals surface area contributed by atoms with Crippen molar-refractivity contribution < 1.29 is 0 Å². The van der Waals surface area contributed by atoms with Crippen molar-refractivity contribution in [1.29, 1.82) is 0 Å². The molecule has 0 radical (unpaired) electrons. The van der Waals surface area contributed by atoms with Crippen LogP contribution < -0.4 is 11.3 Å². The Hall–Kier alpha value is -2.11. The highest BCUT2D eigenvalue weighted by Gasteiger charge is 2.24. The summed E-state index contributed by atoms with van der Waals surface area (Å²) in [5, 5.41) is 11.1. The predicted molar refractivity (Wildman–Crippen MR) is 72.3 cm³/mol. The molecule has 3 rings (SSSR count). The number of H-pyrrole nitrogens is 1. The number of hydrogen-bond donors (Lipinski definition) is 2. The standard InChI is InChI=1S/C13H17N5O/c1-8-6-7-10(16-15-8)18-13(19)11(14)12(17-18)9-4-2-3-5-9/h6-7,9,17H,2-5,14H2,1H3. The van der Waals surface area contributed by atoms with Gasteiger partial charge in [-0.2, -0.15) is 9.78 Å². The van der Waals surface area contributed by atoms with Gasteiger partial charge in [-0.1, -0.05) is 12.8 Å². The molecule has 0 unspecified atom stereocenters. The number of nitrogens with one attached hydrogen (secondary N) is 1. The molecular formula is C13H17N5O. The summed E-state index contributed by atoms with van der Waals surface area (Å²) in [5.41, 5.74) is 7.68. The second-order valence-corrected chi connectivity index (χ2v) is 5.09. The quantitative estimate of drug-likeness (QED) is 0.855. The van der Waals surface area contributed by atoms with Gasteiger partial charge in [0.25, 0.3) is 5.56 Å². The summed E-state index contributed by atoms with van der Waals surface area (Å²) in [4.78, 5) is 12.2. The maximum atomic E-state index is 12.2. The average Bonchev–Trinajstić information content (AvgIpc) is 3.02. The molecule has 0 bridgehead atoms. The van der Waals surface area contributed by atoms with Crippen molar-refractivity contribution in [3.63, 3.8) is 0 Å². The minimum absolute atomic E-state index is 0.236. The smallest absolute Gasteiger partial charge is 0.296 e. The summed E-state index contributed by atoms with van der Waals surface area (Å²) in [6, 6.07) is 3.58. The second-order valence-electron chi connectivity index (χ2n) is 5.09. The summed E-state index contributed by atoms with van der Waals surface area (Å²) in [6.07, 6.45) is 4.57. The summed E-state index contributed by atoms with van der Waals surface area (Å²) in [6.45, 7) is 1.85. The molecule has 0 saturated heterocycles. The highest BCUT2D eigenvalue weighted by Crippen LogP contribution is 2.34. The first-order valence-electron chi connectivity index (χ1n) is 6.58. The molecule has 0 aliphatic heterocycles. The van der Waals surface area contributed by atoms with E-state index in [1.54, 1.807) is 6.07 Å². The van der Waals surface area contributed by atoms with Crippen molar-refractivity contribution in [2.75, 3.05) is 5.73 Å². The highest BCUT2D eigenvalue weighted by atomic mass is 16.1. The average molecular weight is 259 g/mol. The van der Waals surface area contributed by atoms with Crippen molar-refractivity contribution >= 4 is 5.69 Å². The minimum atomic E-state index is -0.236. The number of aryl methyl sites for hydroxylation is 1. The zero-order valence-corrected chi connectivity index (χ0v) is 10.9. The fraction of sp³-hybridized carbons (Fsp3) is 0.462. The van der Waals surface area contributed by atoms with Gasteiger partial charge < -0.3 is 5.73 Å². The molecule has 1 aliphatic carbocycles. The summed E-state index contributed by atoms with van der Waals surface area (Å²) >= 11 is 0. The van der Waals surface area contributed by atoms with Crippen LogP contribution in [0, 0.1) is 6.92 Å². The van der Waals surface area contributed by atoms with Crippen LogP contribution in [0.15, 0.2) is 16.9 Å². The zero-order valence-electron chi connectivity index (χ0n) is 10.9. The third-order valence-electron chi connectivity index (χ3n) is 3.73. The van der Waals surface area contributed by atoms with E-state index in [1.165, 1.54) is 17.5 Å². The molecule has 6 nitrogen and oxygen atoms in total. The molecule has 100 valence electrons.